The number of hydrogen-bond acceptors (Lipinski definition) is 3. The number of rotatable bonds is 7. The Hall–Kier alpha value is -2.84. The van der Waals surface area contributed by atoms with Crippen LogP contribution < -0.4 is 15.4 Å². The van der Waals surface area contributed by atoms with Gasteiger partial charge >= 0.3 is 6.18 Å². The molecule has 3 rings (SSSR count). The molecule has 2 N–H and O–H groups in total. The maximum absolute atomic E-state index is 14.1. The molecule has 1 aromatic carbocycles. The molecule has 1 aliphatic carbocycles. The molecule has 156 valence electrons. The molecule has 0 aliphatic heterocycles. The van der Waals surface area contributed by atoms with E-state index in [-0.39, 0.29) is 17.1 Å². The molecule has 0 saturated heterocycles. The molecule has 0 spiro atoms. The average Bonchev–Trinajstić information content (AvgIpc) is 3.47. The van der Waals surface area contributed by atoms with Crippen molar-refractivity contribution < 1.29 is 22.3 Å². The lowest BCUT2D eigenvalue weighted by atomic mass is 9.95. The molecule has 9 heteroatoms. The Morgan fingerprint density at radius 3 is 2.62 bits per heavy atom. The van der Waals surface area contributed by atoms with Gasteiger partial charge in [-0.2, -0.15) is 13.2 Å². The summed E-state index contributed by atoms with van der Waals surface area (Å²) >= 11 is 0. The van der Waals surface area contributed by atoms with Crippen molar-refractivity contribution in [3.8, 4) is 5.88 Å². The Morgan fingerprint density at radius 1 is 1.21 bits per heavy atom. The Kier molecular flexibility index (Phi) is 6.24. The van der Waals surface area contributed by atoms with E-state index in [1.165, 1.54) is 18.3 Å². The van der Waals surface area contributed by atoms with Crippen LogP contribution in [-0.4, -0.2) is 37.3 Å². The van der Waals surface area contributed by atoms with E-state index in [1.807, 2.05) is 6.07 Å². The minimum absolute atomic E-state index is 0.0962. The normalized spacial score (nSPS) is 15.7. The summed E-state index contributed by atoms with van der Waals surface area (Å²) < 4.78 is 55.6. The predicted octanol–water partition coefficient (Wildman–Crippen LogP) is 3.56. The summed E-state index contributed by atoms with van der Waals surface area (Å²) in [5.41, 5.74) is 1.15. The average molecular weight is 410 g/mol. The summed E-state index contributed by atoms with van der Waals surface area (Å²) in [6.07, 6.45) is -1.25. The van der Waals surface area contributed by atoms with Crippen molar-refractivity contribution in [3.63, 3.8) is 0 Å². The predicted molar refractivity (Wildman–Crippen MR) is 101 cm³/mol. The Labute approximate surface area is 166 Å². The van der Waals surface area contributed by atoms with Crippen LogP contribution in [0.4, 0.5) is 17.6 Å². The van der Waals surface area contributed by atoms with Crippen LogP contribution >= 0.6 is 0 Å². The number of hydrogen-bond donors (Lipinski definition) is 2. The molecule has 1 aromatic heterocycles. The topological polar surface area (TPSA) is 58.5 Å². The van der Waals surface area contributed by atoms with Gasteiger partial charge in [-0.1, -0.05) is 18.2 Å². The van der Waals surface area contributed by atoms with Crippen LogP contribution in [-0.2, 0) is 12.0 Å². The zero-order valence-electron chi connectivity index (χ0n) is 15.9. The van der Waals surface area contributed by atoms with Crippen LogP contribution in [0.3, 0.4) is 0 Å². The minimum atomic E-state index is -4.42. The highest BCUT2D eigenvalue weighted by Crippen LogP contribution is 2.48. The first-order chi connectivity index (χ1) is 13.8. The highest BCUT2D eigenvalue weighted by Gasteiger charge is 2.45. The highest BCUT2D eigenvalue weighted by atomic mass is 19.4. The fraction of sp³-hybridized carbons (Fsp3) is 0.400. The second-order valence-electron chi connectivity index (χ2n) is 6.95. The Bertz CT molecular complexity index is 866. The van der Waals surface area contributed by atoms with Crippen molar-refractivity contribution in [1.82, 2.24) is 15.6 Å². The fourth-order valence-electron chi connectivity index (χ4n) is 3.04. The number of ether oxygens (including phenoxy) is 1. The molecular formula is C20H22F4N4O. The van der Waals surface area contributed by atoms with E-state index in [0.717, 1.165) is 12.8 Å². The Morgan fingerprint density at radius 2 is 1.97 bits per heavy atom. The number of nitrogens with zero attached hydrogens (tertiary/aromatic N) is 2. The summed E-state index contributed by atoms with van der Waals surface area (Å²) in [6.45, 7) is -0.542. The highest BCUT2D eigenvalue weighted by molar-refractivity contribution is 5.79. The fourth-order valence-corrected chi connectivity index (χ4v) is 3.04. The number of pyridine rings is 1. The van der Waals surface area contributed by atoms with E-state index in [1.54, 1.807) is 25.2 Å². The third-order valence-corrected chi connectivity index (χ3v) is 4.76. The molecule has 1 fully saturated rings. The van der Waals surface area contributed by atoms with Crippen molar-refractivity contribution in [2.45, 2.75) is 31.0 Å². The maximum Gasteiger partial charge on any atom is 0.422 e. The van der Waals surface area contributed by atoms with Gasteiger partial charge in [0.1, 0.15) is 5.82 Å². The van der Waals surface area contributed by atoms with E-state index in [4.69, 9.17) is 0 Å². The van der Waals surface area contributed by atoms with Crippen molar-refractivity contribution in [3.05, 3.63) is 59.5 Å². The lowest BCUT2D eigenvalue weighted by Crippen LogP contribution is -2.41. The largest absolute Gasteiger partial charge is 0.468 e. The van der Waals surface area contributed by atoms with Gasteiger partial charge < -0.3 is 15.4 Å². The number of alkyl halides is 3. The van der Waals surface area contributed by atoms with E-state index in [2.05, 4.69) is 25.3 Å². The summed E-state index contributed by atoms with van der Waals surface area (Å²) in [6, 6.07) is 9.87. The van der Waals surface area contributed by atoms with E-state index < -0.39 is 12.8 Å². The minimum Gasteiger partial charge on any atom is -0.468 e. The number of aliphatic imine (C=N–C) groups is 1. The zero-order chi connectivity index (χ0) is 20.9. The SMILES string of the molecule is CN=C(NCc1ccnc(OCC(F)(F)F)c1)NCC1(c2ccccc2F)CC1. The van der Waals surface area contributed by atoms with Gasteiger partial charge in [0, 0.05) is 37.8 Å². The van der Waals surface area contributed by atoms with Crippen LogP contribution in [0.5, 0.6) is 5.88 Å². The van der Waals surface area contributed by atoms with Gasteiger partial charge in [-0.15, -0.1) is 0 Å². The van der Waals surface area contributed by atoms with E-state index >= 15 is 0 Å². The maximum atomic E-state index is 14.1. The first kappa shape index (κ1) is 20.9. The number of benzene rings is 1. The second kappa shape index (κ2) is 8.67. The molecule has 1 heterocycles. The molecule has 0 unspecified atom stereocenters. The zero-order valence-corrected chi connectivity index (χ0v) is 15.9. The van der Waals surface area contributed by atoms with E-state index in [0.29, 0.717) is 30.2 Å². The summed E-state index contributed by atoms with van der Waals surface area (Å²) in [7, 11) is 1.61. The number of aromatic nitrogens is 1. The smallest absolute Gasteiger partial charge is 0.422 e. The molecule has 0 atom stereocenters. The third kappa shape index (κ3) is 5.82. The summed E-state index contributed by atoms with van der Waals surface area (Å²) in [5.74, 6) is 0.209. The van der Waals surface area contributed by atoms with Crippen LogP contribution in [0.15, 0.2) is 47.6 Å². The van der Waals surface area contributed by atoms with Crippen LogP contribution in [0, 0.1) is 5.82 Å². The van der Waals surface area contributed by atoms with Crippen molar-refractivity contribution >= 4 is 5.96 Å². The number of nitrogens with one attached hydrogen (secondary N) is 2. The lowest BCUT2D eigenvalue weighted by Gasteiger charge is -2.19. The van der Waals surface area contributed by atoms with E-state index in [9.17, 15) is 17.6 Å². The molecule has 0 bridgehead atoms. The van der Waals surface area contributed by atoms with Crippen LogP contribution in [0.2, 0.25) is 0 Å². The lowest BCUT2D eigenvalue weighted by molar-refractivity contribution is -0.154. The molecular weight excluding hydrogens is 388 g/mol. The van der Waals surface area contributed by atoms with Crippen LogP contribution in [0.25, 0.3) is 0 Å². The monoisotopic (exact) mass is 410 g/mol. The Balaban J connectivity index is 1.53. The molecule has 1 saturated carbocycles. The molecule has 29 heavy (non-hydrogen) atoms. The molecule has 2 aromatic rings. The molecule has 0 radical (unpaired) electrons. The second-order valence-corrected chi connectivity index (χ2v) is 6.95. The van der Waals surface area contributed by atoms with Gasteiger partial charge in [-0.3, -0.25) is 4.99 Å². The first-order valence-corrected chi connectivity index (χ1v) is 9.15. The standard InChI is InChI=1S/C20H22F4N4O/c1-25-18(28-12-19(7-8-19)15-4-2-3-5-16(15)21)27-11-14-6-9-26-17(10-14)29-13-20(22,23)24/h2-6,9-10H,7-8,11-13H2,1H3,(H2,25,27,28). The quantitative estimate of drug-likeness (QED) is 0.416. The molecule has 0 amide bonds. The van der Waals surface area contributed by atoms with Crippen LogP contribution in [0.1, 0.15) is 24.0 Å². The van der Waals surface area contributed by atoms with Gasteiger partial charge in [-0.05, 0) is 36.1 Å². The molecule has 1 aliphatic rings. The number of guanidine groups is 1. The van der Waals surface area contributed by atoms with Gasteiger partial charge in [0.15, 0.2) is 12.6 Å². The third-order valence-electron chi connectivity index (χ3n) is 4.76. The van der Waals surface area contributed by atoms with Crippen molar-refractivity contribution in [1.29, 1.82) is 0 Å². The van der Waals surface area contributed by atoms with Gasteiger partial charge in [0.05, 0.1) is 0 Å². The van der Waals surface area contributed by atoms with Gasteiger partial charge in [0.2, 0.25) is 5.88 Å². The number of halogens is 4. The van der Waals surface area contributed by atoms with Crippen molar-refractivity contribution in [2.75, 3.05) is 20.2 Å². The van der Waals surface area contributed by atoms with Gasteiger partial charge in [-0.25, -0.2) is 9.37 Å². The molecule has 5 nitrogen and oxygen atoms in total. The first-order valence-electron chi connectivity index (χ1n) is 9.15. The van der Waals surface area contributed by atoms with Gasteiger partial charge in [0.25, 0.3) is 0 Å². The summed E-state index contributed by atoms with van der Waals surface area (Å²) in [5, 5.41) is 6.30. The van der Waals surface area contributed by atoms with Crippen molar-refractivity contribution in [2.24, 2.45) is 4.99 Å². The summed E-state index contributed by atoms with van der Waals surface area (Å²) in [4.78, 5) is 7.92.